The Morgan fingerprint density at radius 2 is 1.92 bits per heavy atom. The van der Waals surface area contributed by atoms with Gasteiger partial charge in [0.15, 0.2) is 0 Å². The van der Waals surface area contributed by atoms with Crippen LogP contribution in [0.1, 0.15) is 75.3 Å². The smallest absolute Gasteiger partial charge is 0.317 e. The molecule has 0 saturated carbocycles. The van der Waals surface area contributed by atoms with Crippen LogP contribution < -0.4 is 15.8 Å². The third kappa shape index (κ3) is 4.84. The highest BCUT2D eigenvalue weighted by molar-refractivity contribution is 6.21. The molecule has 3 aliphatic rings. The highest BCUT2D eigenvalue weighted by atomic mass is 16.5. The molecule has 3 N–H and O–H groups in total. The first-order valence-electron chi connectivity index (χ1n) is 13.2. The van der Waals surface area contributed by atoms with Gasteiger partial charge in [-0.25, -0.2) is 4.79 Å². The molecule has 36 heavy (non-hydrogen) atoms. The maximum atomic E-state index is 13.0. The first-order valence-corrected chi connectivity index (χ1v) is 13.2. The number of rotatable bonds is 6. The molecule has 0 spiro atoms. The second kappa shape index (κ2) is 9.96. The molecule has 1 saturated heterocycles. The zero-order valence-electron chi connectivity index (χ0n) is 21.8. The summed E-state index contributed by atoms with van der Waals surface area (Å²) >= 11 is 0. The molecule has 1 aliphatic carbocycles. The summed E-state index contributed by atoms with van der Waals surface area (Å²) in [4.78, 5) is 15.0. The fraction of sp³-hybridized carbons (Fsp3) is 0.483. The molecule has 2 aliphatic heterocycles. The van der Waals surface area contributed by atoms with Crippen molar-refractivity contribution >= 4 is 23.1 Å². The van der Waals surface area contributed by atoms with Crippen LogP contribution in [0.15, 0.2) is 46.6 Å². The van der Waals surface area contributed by atoms with Crippen LogP contribution in [0.2, 0.25) is 0 Å². The Balaban J connectivity index is 1.26. The lowest BCUT2D eigenvalue weighted by atomic mass is 9.95. The van der Waals surface area contributed by atoms with E-state index in [9.17, 15) is 4.79 Å². The summed E-state index contributed by atoms with van der Waals surface area (Å²) in [6.45, 7) is 10.2. The van der Waals surface area contributed by atoms with Crippen LogP contribution in [0.4, 0.5) is 10.5 Å². The first-order chi connectivity index (χ1) is 17.3. The van der Waals surface area contributed by atoms with E-state index in [1.807, 2.05) is 36.9 Å². The van der Waals surface area contributed by atoms with Gasteiger partial charge in [0.25, 0.3) is 0 Å². The average Bonchev–Trinajstić information content (AvgIpc) is 3.60. The van der Waals surface area contributed by atoms with E-state index in [0.29, 0.717) is 29.7 Å². The molecule has 0 aromatic heterocycles. The third-order valence-corrected chi connectivity index (χ3v) is 7.67. The van der Waals surface area contributed by atoms with Gasteiger partial charge in [-0.2, -0.15) is 10.2 Å². The van der Waals surface area contributed by atoms with E-state index in [-0.39, 0.29) is 18.2 Å². The SMILES string of the molecule is CC(C)Oc1ccc(C2=NN=C(c3cccc4c3CCC4NC(=O)N3CC[C@H](C(C)C)C3)C2)cc1N. The number of ether oxygens (including phenoxy) is 1. The van der Waals surface area contributed by atoms with Crippen LogP contribution in [0.3, 0.4) is 0 Å². The predicted molar refractivity (Wildman–Crippen MR) is 145 cm³/mol. The van der Waals surface area contributed by atoms with Gasteiger partial charge in [-0.05, 0) is 74.3 Å². The largest absolute Gasteiger partial charge is 0.489 e. The number of anilines is 1. The number of likely N-dealkylation sites (tertiary alicyclic amines) is 1. The van der Waals surface area contributed by atoms with Gasteiger partial charge in [-0.1, -0.05) is 32.0 Å². The van der Waals surface area contributed by atoms with Crippen molar-refractivity contribution in [1.82, 2.24) is 10.2 Å². The monoisotopic (exact) mass is 487 g/mol. The van der Waals surface area contributed by atoms with Gasteiger partial charge in [0.05, 0.1) is 29.3 Å². The van der Waals surface area contributed by atoms with Gasteiger partial charge in [0, 0.05) is 30.6 Å². The summed E-state index contributed by atoms with van der Waals surface area (Å²) in [5.74, 6) is 1.90. The Hall–Kier alpha value is -3.35. The van der Waals surface area contributed by atoms with Crippen LogP contribution >= 0.6 is 0 Å². The minimum Gasteiger partial charge on any atom is -0.489 e. The molecule has 2 heterocycles. The van der Waals surface area contributed by atoms with E-state index in [0.717, 1.165) is 54.9 Å². The van der Waals surface area contributed by atoms with E-state index in [4.69, 9.17) is 10.5 Å². The zero-order chi connectivity index (χ0) is 25.4. The second-order valence-corrected chi connectivity index (χ2v) is 10.8. The van der Waals surface area contributed by atoms with Gasteiger partial charge in [-0.3, -0.25) is 0 Å². The van der Waals surface area contributed by atoms with Crippen LogP contribution in [0, 0.1) is 11.8 Å². The Bertz CT molecular complexity index is 1220. The Morgan fingerprint density at radius 1 is 1.11 bits per heavy atom. The average molecular weight is 488 g/mol. The number of amides is 2. The molecule has 7 heteroatoms. The summed E-state index contributed by atoms with van der Waals surface area (Å²) < 4.78 is 5.76. The lowest BCUT2D eigenvalue weighted by molar-refractivity contribution is 0.201. The molecule has 2 atom stereocenters. The molecule has 7 nitrogen and oxygen atoms in total. The van der Waals surface area contributed by atoms with Gasteiger partial charge < -0.3 is 20.7 Å². The number of nitrogen functional groups attached to an aromatic ring is 1. The fourth-order valence-corrected chi connectivity index (χ4v) is 5.58. The maximum Gasteiger partial charge on any atom is 0.317 e. The van der Waals surface area contributed by atoms with Crippen molar-refractivity contribution < 1.29 is 9.53 Å². The van der Waals surface area contributed by atoms with E-state index >= 15 is 0 Å². The normalized spacial score (nSPS) is 21.1. The van der Waals surface area contributed by atoms with E-state index in [2.05, 4.69) is 47.6 Å². The zero-order valence-corrected chi connectivity index (χ0v) is 21.8. The first kappa shape index (κ1) is 24.3. The molecule has 2 aromatic carbocycles. The molecule has 2 amide bonds. The summed E-state index contributed by atoms with van der Waals surface area (Å²) in [6.07, 6.45) is 3.65. The molecule has 0 bridgehead atoms. The van der Waals surface area contributed by atoms with Crippen molar-refractivity contribution in [3.63, 3.8) is 0 Å². The second-order valence-electron chi connectivity index (χ2n) is 10.8. The quantitative estimate of drug-likeness (QED) is 0.540. The van der Waals surface area contributed by atoms with Crippen molar-refractivity contribution in [2.24, 2.45) is 22.0 Å². The molecule has 5 rings (SSSR count). The summed E-state index contributed by atoms with van der Waals surface area (Å²) in [7, 11) is 0. The minimum atomic E-state index is 0.0428. The highest BCUT2D eigenvalue weighted by Gasteiger charge is 2.32. The maximum absolute atomic E-state index is 13.0. The number of urea groups is 1. The molecular weight excluding hydrogens is 450 g/mol. The van der Waals surface area contributed by atoms with Gasteiger partial charge in [0.2, 0.25) is 0 Å². The molecule has 0 radical (unpaired) electrons. The van der Waals surface area contributed by atoms with Crippen molar-refractivity contribution in [3.05, 3.63) is 58.7 Å². The number of nitrogens with one attached hydrogen (secondary N) is 1. The third-order valence-electron chi connectivity index (χ3n) is 7.67. The molecule has 1 unspecified atom stereocenters. The number of fused-ring (bicyclic) bond motifs is 1. The number of carbonyl (C=O) groups excluding carboxylic acids is 1. The number of benzene rings is 2. The van der Waals surface area contributed by atoms with Crippen molar-refractivity contribution in [2.45, 2.75) is 65.5 Å². The predicted octanol–water partition coefficient (Wildman–Crippen LogP) is 5.33. The number of carbonyl (C=O) groups is 1. The van der Waals surface area contributed by atoms with Gasteiger partial charge in [-0.15, -0.1) is 0 Å². The van der Waals surface area contributed by atoms with Crippen molar-refractivity contribution in [1.29, 1.82) is 0 Å². The van der Waals surface area contributed by atoms with Crippen LogP contribution in [-0.2, 0) is 6.42 Å². The summed E-state index contributed by atoms with van der Waals surface area (Å²) in [5, 5.41) is 12.4. The molecule has 190 valence electrons. The Kier molecular flexibility index (Phi) is 6.73. The number of nitrogens with two attached hydrogens (primary N) is 1. The van der Waals surface area contributed by atoms with Crippen LogP contribution in [-0.4, -0.2) is 41.5 Å². The number of hydrogen-bond acceptors (Lipinski definition) is 5. The van der Waals surface area contributed by atoms with E-state index in [1.165, 1.54) is 11.1 Å². The van der Waals surface area contributed by atoms with E-state index < -0.39 is 0 Å². The van der Waals surface area contributed by atoms with Crippen LogP contribution in [0.5, 0.6) is 5.75 Å². The Morgan fingerprint density at radius 3 is 2.64 bits per heavy atom. The lowest BCUT2D eigenvalue weighted by Crippen LogP contribution is -2.40. The lowest BCUT2D eigenvalue weighted by Gasteiger charge is -2.22. The standard InChI is InChI=1S/C29H37N5O2/c1-17(2)20-12-13-34(16-20)29(35)31-25-10-9-21-22(25)6-5-7-23(21)27-15-26(32-33-27)19-8-11-28(24(30)14-19)36-18(3)4/h5-8,11,14,17-18,20,25H,9-10,12-13,15-16,30H2,1-4H3,(H,31,35)/t20-,25?/m0/s1. The topological polar surface area (TPSA) is 92.3 Å². The molecule has 2 aromatic rings. The van der Waals surface area contributed by atoms with Crippen molar-refractivity contribution in [3.8, 4) is 5.75 Å². The minimum absolute atomic E-state index is 0.0428. The van der Waals surface area contributed by atoms with Gasteiger partial charge in [0.1, 0.15) is 5.75 Å². The Labute approximate surface area is 213 Å². The van der Waals surface area contributed by atoms with E-state index in [1.54, 1.807) is 0 Å². The summed E-state index contributed by atoms with van der Waals surface area (Å²) in [5.41, 5.74) is 13.3. The van der Waals surface area contributed by atoms with Crippen LogP contribution in [0.25, 0.3) is 0 Å². The number of hydrogen-bond donors (Lipinski definition) is 2. The summed E-state index contributed by atoms with van der Waals surface area (Å²) in [6, 6.07) is 12.3. The molecule has 1 fully saturated rings. The highest BCUT2D eigenvalue weighted by Crippen LogP contribution is 2.36. The number of nitrogens with zero attached hydrogens (tertiary/aromatic N) is 3. The molecular formula is C29H37N5O2. The van der Waals surface area contributed by atoms with Crippen molar-refractivity contribution in [2.75, 3.05) is 18.8 Å². The van der Waals surface area contributed by atoms with Gasteiger partial charge >= 0.3 is 6.03 Å². The fourth-order valence-electron chi connectivity index (χ4n) is 5.58.